The van der Waals surface area contributed by atoms with Crippen molar-refractivity contribution < 1.29 is 27.4 Å². The summed E-state index contributed by atoms with van der Waals surface area (Å²) in [5, 5.41) is 0. The third kappa shape index (κ3) is 3.41. The monoisotopic (exact) mass is 322 g/mol. The average molecular weight is 322 g/mol. The van der Waals surface area contributed by atoms with Crippen LogP contribution < -0.4 is 14.2 Å². The van der Waals surface area contributed by atoms with Gasteiger partial charge in [-0.2, -0.15) is 0 Å². The molecule has 0 unspecified atom stereocenters. The molecule has 1 heterocycles. The molecule has 3 nitrogen and oxygen atoms in total. The first-order chi connectivity index (χ1) is 11.0. The highest BCUT2D eigenvalue weighted by atomic mass is 19.4. The van der Waals surface area contributed by atoms with Gasteiger partial charge in [0.2, 0.25) is 0 Å². The Morgan fingerprint density at radius 1 is 0.957 bits per heavy atom. The quantitative estimate of drug-likeness (QED) is 0.822. The first-order valence-corrected chi connectivity index (χ1v) is 6.88. The molecule has 3 rings (SSSR count). The number of hydrogen-bond acceptors (Lipinski definition) is 3. The Morgan fingerprint density at radius 3 is 2.30 bits per heavy atom. The van der Waals surface area contributed by atoms with Crippen LogP contribution >= 0.6 is 0 Å². The number of rotatable bonds is 3. The highest BCUT2D eigenvalue weighted by molar-refractivity contribution is 5.72. The molecular formula is C17H13F3O3. The van der Waals surface area contributed by atoms with Crippen LogP contribution in [-0.2, 0) is 0 Å². The Hall–Kier alpha value is -2.63. The third-order valence-electron chi connectivity index (χ3n) is 3.33. The van der Waals surface area contributed by atoms with E-state index in [9.17, 15) is 13.2 Å². The predicted octanol–water partition coefficient (Wildman–Crippen LogP) is 4.67. The summed E-state index contributed by atoms with van der Waals surface area (Å²) in [4.78, 5) is 0. The molecule has 0 N–H and O–H groups in total. The molecule has 0 spiro atoms. The Balaban J connectivity index is 1.96. The number of ether oxygens (including phenoxy) is 3. The molecule has 2 aromatic rings. The minimum atomic E-state index is -4.74. The normalized spacial score (nSPS) is 13.5. The van der Waals surface area contributed by atoms with Crippen LogP contribution in [0.5, 0.6) is 17.2 Å². The Morgan fingerprint density at radius 2 is 1.61 bits per heavy atom. The second kappa shape index (κ2) is 5.87. The molecular weight excluding hydrogens is 309 g/mol. The largest absolute Gasteiger partial charge is 0.573 e. The van der Waals surface area contributed by atoms with Crippen LogP contribution in [0.15, 0.2) is 43.0 Å². The molecule has 0 radical (unpaired) electrons. The zero-order valence-corrected chi connectivity index (χ0v) is 12.0. The number of halogens is 3. The molecule has 0 fully saturated rings. The Bertz CT molecular complexity index is 738. The number of benzene rings is 2. The molecule has 23 heavy (non-hydrogen) atoms. The lowest BCUT2D eigenvalue weighted by Gasteiger charge is -2.19. The van der Waals surface area contributed by atoms with Crippen LogP contribution in [0.2, 0.25) is 0 Å². The van der Waals surface area contributed by atoms with E-state index in [4.69, 9.17) is 9.47 Å². The van der Waals surface area contributed by atoms with Gasteiger partial charge in [-0.15, -0.1) is 13.2 Å². The smallest absolute Gasteiger partial charge is 0.486 e. The zero-order chi connectivity index (χ0) is 16.4. The van der Waals surface area contributed by atoms with Gasteiger partial charge in [0.25, 0.3) is 0 Å². The zero-order valence-electron chi connectivity index (χ0n) is 12.0. The maximum absolute atomic E-state index is 12.4. The van der Waals surface area contributed by atoms with Crippen LogP contribution in [-0.4, -0.2) is 19.6 Å². The van der Waals surface area contributed by atoms with Gasteiger partial charge in [-0.05, 0) is 35.4 Å². The summed E-state index contributed by atoms with van der Waals surface area (Å²) in [6.07, 6.45) is -3.42. The van der Waals surface area contributed by atoms with Gasteiger partial charge in [0.15, 0.2) is 11.5 Å². The number of fused-ring (bicyclic) bond motifs is 1. The van der Waals surface area contributed by atoms with Crippen molar-refractivity contribution >= 4 is 6.08 Å². The van der Waals surface area contributed by atoms with Crippen molar-refractivity contribution in [1.82, 2.24) is 0 Å². The van der Waals surface area contributed by atoms with Crippen molar-refractivity contribution in [2.24, 2.45) is 0 Å². The van der Waals surface area contributed by atoms with E-state index in [2.05, 4.69) is 11.3 Å². The molecule has 0 bridgehead atoms. The fourth-order valence-electron chi connectivity index (χ4n) is 2.33. The molecule has 0 saturated heterocycles. The SMILES string of the molecule is C=Cc1cc(-c2ccc3c(c2)OCCO3)ccc1OC(F)(F)F. The van der Waals surface area contributed by atoms with Crippen molar-refractivity contribution in [2.75, 3.05) is 13.2 Å². The molecule has 2 aromatic carbocycles. The summed E-state index contributed by atoms with van der Waals surface area (Å²) in [5.41, 5.74) is 1.79. The summed E-state index contributed by atoms with van der Waals surface area (Å²) in [5.74, 6) is 0.985. The third-order valence-corrected chi connectivity index (χ3v) is 3.33. The van der Waals surface area contributed by atoms with Crippen molar-refractivity contribution in [3.05, 3.63) is 48.5 Å². The van der Waals surface area contributed by atoms with Gasteiger partial charge in [0, 0.05) is 5.56 Å². The molecule has 0 aromatic heterocycles. The second-order valence-corrected chi connectivity index (χ2v) is 4.86. The summed E-state index contributed by atoms with van der Waals surface area (Å²) >= 11 is 0. The van der Waals surface area contributed by atoms with E-state index in [0.717, 1.165) is 11.1 Å². The van der Waals surface area contributed by atoms with Gasteiger partial charge in [-0.3, -0.25) is 0 Å². The molecule has 0 saturated carbocycles. The molecule has 0 atom stereocenters. The van der Waals surface area contributed by atoms with Crippen molar-refractivity contribution in [3.8, 4) is 28.4 Å². The maximum Gasteiger partial charge on any atom is 0.573 e. The maximum atomic E-state index is 12.4. The molecule has 0 amide bonds. The summed E-state index contributed by atoms with van der Waals surface area (Å²) < 4.78 is 52.1. The van der Waals surface area contributed by atoms with Gasteiger partial charge in [0.05, 0.1) is 0 Å². The van der Waals surface area contributed by atoms with E-state index in [0.29, 0.717) is 24.7 Å². The predicted molar refractivity (Wildman–Crippen MR) is 79.6 cm³/mol. The van der Waals surface area contributed by atoms with E-state index >= 15 is 0 Å². The molecule has 120 valence electrons. The molecule has 6 heteroatoms. The van der Waals surface area contributed by atoms with E-state index < -0.39 is 6.36 Å². The first kappa shape index (κ1) is 15.3. The average Bonchev–Trinajstić information content (AvgIpc) is 2.53. The van der Waals surface area contributed by atoms with Gasteiger partial charge in [-0.1, -0.05) is 24.8 Å². The molecule has 0 aliphatic carbocycles. The van der Waals surface area contributed by atoms with E-state index in [-0.39, 0.29) is 11.3 Å². The fraction of sp³-hybridized carbons (Fsp3) is 0.176. The van der Waals surface area contributed by atoms with Crippen LogP contribution in [0.25, 0.3) is 17.2 Å². The minimum absolute atomic E-state index is 0.259. The van der Waals surface area contributed by atoms with Crippen LogP contribution in [0.4, 0.5) is 13.2 Å². The Kier molecular flexibility index (Phi) is 3.90. The lowest BCUT2D eigenvalue weighted by atomic mass is 10.0. The van der Waals surface area contributed by atoms with Gasteiger partial charge in [-0.25, -0.2) is 0 Å². The van der Waals surface area contributed by atoms with Gasteiger partial charge < -0.3 is 14.2 Å². The van der Waals surface area contributed by atoms with Gasteiger partial charge in [0.1, 0.15) is 19.0 Å². The number of hydrogen-bond donors (Lipinski definition) is 0. The topological polar surface area (TPSA) is 27.7 Å². The summed E-state index contributed by atoms with van der Waals surface area (Å²) in [6, 6.07) is 9.80. The molecule has 1 aliphatic heterocycles. The second-order valence-electron chi connectivity index (χ2n) is 4.86. The van der Waals surface area contributed by atoms with Crippen molar-refractivity contribution in [1.29, 1.82) is 0 Å². The van der Waals surface area contributed by atoms with Crippen LogP contribution in [0.1, 0.15) is 5.56 Å². The van der Waals surface area contributed by atoms with Crippen LogP contribution in [0.3, 0.4) is 0 Å². The summed E-state index contributed by atoms with van der Waals surface area (Å²) in [6.45, 7) is 4.50. The summed E-state index contributed by atoms with van der Waals surface area (Å²) in [7, 11) is 0. The standard InChI is InChI=1S/C17H13F3O3/c1-2-11-9-12(3-5-14(11)23-17(18,19)20)13-4-6-15-16(10-13)22-8-7-21-15/h2-6,9-10H,1,7-8H2. The van der Waals surface area contributed by atoms with Gasteiger partial charge >= 0.3 is 6.36 Å². The molecule has 1 aliphatic rings. The number of alkyl halides is 3. The van der Waals surface area contributed by atoms with E-state index in [1.54, 1.807) is 24.3 Å². The minimum Gasteiger partial charge on any atom is -0.486 e. The van der Waals surface area contributed by atoms with Crippen molar-refractivity contribution in [3.63, 3.8) is 0 Å². The van der Waals surface area contributed by atoms with E-state index in [1.165, 1.54) is 12.1 Å². The van der Waals surface area contributed by atoms with Crippen LogP contribution in [0, 0.1) is 0 Å². The van der Waals surface area contributed by atoms with Crippen molar-refractivity contribution in [2.45, 2.75) is 6.36 Å². The Labute approximate surface area is 130 Å². The lowest BCUT2D eigenvalue weighted by Crippen LogP contribution is -2.17. The fourth-order valence-corrected chi connectivity index (χ4v) is 2.33. The first-order valence-electron chi connectivity index (χ1n) is 6.88. The highest BCUT2D eigenvalue weighted by Gasteiger charge is 2.31. The highest BCUT2D eigenvalue weighted by Crippen LogP contribution is 2.36. The lowest BCUT2D eigenvalue weighted by molar-refractivity contribution is -0.274. The van der Waals surface area contributed by atoms with E-state index in [1.807, 2.05) is 6.07 Å².